The van der Waals surface area contributed by atoms with Crippen LogP contribution in [0, 0.1) is 10.1 Å². The fourth-order valence-corrected chi connectivity index (χ4v) is 2.85. The summed E-state index contributed by atoms with van der Waals surface area (Å²) in [4.78, 5) is 22.6. The summed E-state index contributed by atoms with van der Waals surface area (Å²) >= 11 is 1.02. The Morgan fingerprint density at radius 3 is 2.48 bits per heavy atom. The second-order valence-corrected chi connectivity index (χ2v) is 5.05. The highest BCUT2D eigenvalue weighted by molar-refractivity contribution is 7.99. The standard InChI is InChI=1S/C14H11NO5S/c1-20-10-6-4-8-12(13(10)15(18)19)21-11-7-3-2-5-9(11)14(16)17/h2-8H,1H3,(H,16,17). The summed E-state index contributed by atoms with van der Waals surface area (Å²) in [5, 5.41) is 20.4. The average Bonchev–Trinajstić information content (AvgIpc) is 2.47. The molecule has 108 valence electrons. The first kappa shape index (κ1) is 14.9. The maximum absolute atomic E-state index is 11.2. The molecule has 0 aliphatic heterocycles. The molecule has 0 fully saturated rings. The van der Waals surface area contributed by atoms with E-state index in [1.165, 1.54) is 19.2 Å². The zero-order valence-electron chi connectivity index (χ0n) is 11.0. The minimum absolute atomic E-state index is 0.0969. The normalized spacial score (nSPS) is 10.1. The average molecular weight is 305 g/mol. The molecule has 2 rings (SSSR count). The zero-order valence-corrected chi connectivity index (χ0v) is 11.8. The van der Waals surface area contributed by atoms with Crippen molar-refractivity contribution < 1.29 is 19.6 Å². The molecule has 0 amide bonds. The Kier molecular flexibility index (Phi) is 4.44. The monoisotopic (exact) mass is 305 g/mol. The highest BCUT2D eigenvalue weighted by Crippen LogP contribution is 2.41. The number of carbonyl (C=O) groups is 1. The first-order valence-electron chi connectivity index (χ1n) is 5.86. The van der Waals surface area contributed by atoms with Gasteiger partial charge in [-0.3, -0.25) is 10.1 Å². The lowest BCUT2D eigenvalue weighted by Crippen LogP contribution is -1.99. The highest BCUT2D eigenvalue weighted by Gasteiger charge is 2.22. The molecule has 0 radical (unpaired) electrons. The lowest BCUT2D eigenvalue weighted by molar-refractivity contribution is -0.388. The molecule has 0 aliphatic carbocycles. The van der Waals surface area contributed by atoms with Gasteiger partial charge in [0.05, 0.1) is 22.5 Å². The Labute approximate surface area is 124 Å². The molecule has 1 N–H and O–H groups in total. The van der Waals surface area contributed by atoms with Gasteiger partial charge in [0.15, 0.2) is 5.75 Å². The van der Waals surface area contributed by atoms with Gasteiger partial charge >= 0.3 is 11.7 Å². The third-order valence-electron chi connectivity index (χ3n) is 2.70. The van der Waals surface area contributed by atoms with Gasteiger partial charge in [0.2, 0.25) is 0 Å². The van der Waals surface area contributed by atoms with Crippen LogP contribution >= 0.6 is 11.8 Å². The Hall–Kier alpha value is -2.54. The number of hydrogen-bond acceptors (Lipinski definition) is 5. The molecule has 0 aromatic heterocycles. The van der Waals surface area contributed by atoms with Gasteiger partial charge in [0.25, 0.3) is 0 Å². The minimum Gasteiger partial charge on any atom is -0.490 e. The number of ether oxygens (including phenoxy) is 1. The predicted octanol–water partition coefficient (Wildman–Crippen LogP) is 3.45. The molecule has 0 aliphatic rings. The number of carboxylic acid groups (broad SMARTS) is 1. The van der Waals surface area contributed by atoms with Crippen LogP contribution < -0.4 is 4.74 Å². The van der Waals surface area contributed by atoms with E-state index in [4.69, 9.17) is 9.84 Å². The molecule has 21 heavy (non-hydrogen) atoms. The first-order valence-corrected chi connectivity index (χ1v) is 6.67. The van der Waals surface area contributed by atoms with E-state index in [-0.39, 0.29) is 17.0 Å². The van der Waals surface area contributed by atoms with Gasteiger partial charge in [-0.05, 0) is 24.3 Å². The second-order valence-electron chi connectivity index (χ2n) is 3.97. The Bertz CT molecular complexity index is 702. The summed E-state index contributed by atoms with van der Waals surface area (Å²) in [6, 6.07) is 11.0. The van der Waals surface area contributed by atoms with Gasteiger partial charge in [-0.1, -0.05) is 30.0 Å². The zero-order chi connectivity index (χ0) is 15.4. The van der Waals surface area contributed by atoms with E-state index in [1.54, 1.807) is 30.3 Å². The minimum atomic E-state index is -1.08. The summed E-state index contributed by atoms with van der Waals surface area (Å²) in [6.45, 7) is 0. The number of nitrogens with zero attached hydrogens (tertiary/aromatic N) is 1. The van der Waals surface area contributed by atoms with Crippen molar-refractivity contribution in [2.75, 3.05) is 7.11 Å². The molecule has 0 saturated carbocycles. The van der Waals surface area contributed by atoms with Crippen molar-refractivity contribution in [2.45, 2.75) is 9.79 Å². The van der Waals surface area contributed by atoms with E-state index in [0.29, 0.717) is 9.79 Å². The van der Waals surface area contributed by atoms with Gasteiger partial charge in [-0.15, -0.1) is 0 Å². The van der Waals surface area contributed by atoms with Gasteiger partial charge < -0.3 is 9.84 Å². The topological polar surface area (TPSA) is 89.7 Å². The highest BCUT2D eigenvalue weighted by atomic mass is 32.2. The molecule has 0 atom stereocenters. The van der Waals surface area contributed by atoms with Crippen molar-refractivity contribution in [1.29, 1.82) is 0 Å². The third kappa shape index (κ3) is 3.14. The first-order chi connectivity index (χ1) is 10.0. The number of nitro groups is 1. The molecular weight excluding hydrogens is 294 g/mol. The molecule has 0 bridgehead atoms. The predicted molar refractivity (Wildman–Crippen MR) is 77.2 cm³/mol. The number of nitro benzene ring substituents is 1. The van der Waals surface area contributed by atoms with Crippen molar-refractivity contribution >= 4 is 23.4 Å². The van der Waals surface area contributed by atoms with Crippen LogP contribution in [0.5, 0.6) is 5.75 Å². The van der Waals surface area contributed by atoms with Gasteiger partial charge in [0.1, 0.15) is 0 Å². The maximum Gasteiger partial charge on any atom is 0.336 e. The smallest absolute Gasteiger partial charge is 0.336 e. The van der Waals surface area contributed by atoms with Gasteiger partial charge in [0, 0.05) is 4.90 Å². The quantitative estimate of drug-likeness (QED) is 0.672. The molecule has 0 unspecified atom stereocenters. The van der Waals surface area contributed by atoms with Crippen molar-refractivity contribution in [3.05, 3.63) is 58.1 Å². The number of rotatable bonds is 5. The SMILES string of the molecule is COc1cccc(Sc2ccccc2C(=O)O)c1[N+](=O)[O-]. The number of benzene rings is 2. The molecule has 2 aromatic carbocycles. The fourth-order valence-electron chi connectivity index (χ4n) is 1.78. The van der Waals surface area contributed by atoms with E-state index in [9.17, 15) is 14.9 Å². The molecule has 6 nitrogen and oxygen atoms in total. The third-order valence-corrected chi connectivity index (χ3v) is 3.83. The van der Waals surface area contributed by atoms with Crippen LogP contribution in [0.3, 0.4) is 0 Å². The molecule has 7 heteroatoms. The van der Waals surface area contributed by atoms with Crippen molar-refractivity contribution in [1.82, 2.24) is 0 Å². The summed E-state index contributed by atoms with van der Waals surface area (Å²) in [5.74, 6) is -0.943. The molecule has 0 saturated heterocycles. The molecular formula is C14H11NO5S. The van der Waals surface area contributed by atoms with E-state index in [0.717, 1.165) is 11.8 Å². The summed E-state index contributed by atoms with van der Waals surface area (Å²) in [6.07, 6.45) is 0. The Morgan fingerprint density at radius 2 is 1.86 bits per heavy atom. The number of carboxylic acids is 1. The molecule has 0 spiro atoms. The second kappa shape index (κ2) is 6.27. The summed E-state index contributed by atoms with van der Waals surface area (Å²) in [7, 11) is 1.35. The summed E-state index contributed by atoms with van der Waals surface area (Å²) in [5.41, 5.74) is -0.0789. The largest absolute Gasteiger partial charge is 0.490 e. The van der Waals surface area contributed by atoms with E-state index in [1.807, 2.05) is 0 Å². The van der Waals surface area contributed by atoms with Gasteiger partial charge in [-0.25, -0.2) is 4.79 Å². The van der Waals surface area contributed by atoms with Crippen molar-refractivity contribution in [3.63, 3.8) is 0 Å². The van der Waals surface area contributed by atoms with Crippen molar-refractivity contribution in [2.24, 2.45) is 0 Å². The maximum atomic E-state index is 11.2. The number of para-hydroxylation sites is 1. The Morgan fingerprint density at radius 1 is 1.19 bits per heavy atom. The van der Waals surface area contributed by atoms with Crippen LogP contribution in [0.25, 0.3) is 0 Å². The van der Waals surface area contributed by atoms with Gasteiger partial charge in [-0.2, -0.15) is 0 Å². The van der Waals surface area contributed by atoms with Crippen LogP contribution in [0.4, 0.5) is 5.69 Å². The van der Waals surface area contributed by atoms with Crippen LogP contribution in [0.2, 0.25) is 0 Å². The lowest BCUT2D eigenvalue weighted by Gasteiger charge is -2.08. The molecule has 2 aromatic rings. The summed E-state index contributed by atoms with van der Waals surface area (Å²) < 4.78 is 4.99. The van der Waals surface area contributed by atoms with Crippen LogP contribution in [-0.2, 0) is 0 Å². The number of methoxy groups -OCH3 is 1. The van der Waals surface area contributed by atoms with E-state index in [2.05, 4.69) is 0 Å². The fraction of sp³-hybridized carbons (Fsp3) is 0.0714. The van der Waals surface area contributed by atoms with Crippen LogP contribution in [0.15, 0.2) is 52.3 Å². The number of hydrogen-bond donors (Lipinski definition) is 1. The van der Waals surface area contributed by atoms with Crippen LogP contribution in [0.1, 0.15) is 10.4 Å². The van der Waals surface area contributed by atoms with Crippen LogP contribution in [-0.4, -0.2) is 23.1 Å². The molecule has 0 heterocycles. The van der Waals surface area contributed by atoms with E-state index >= 15 is 0 Å². The Balaban J connectivity index is 2.50. The lowest BCUT2D eigenvalue weighted by atomic mass is 10.2. The van der Waals surface area contributed by atoms with Crippen molar-refractivity contribution in [3.8, 4) is 5.75 Å². The van der Waals surface area contributed by atoms with E-state index < -0.39 is 10.9 Å². The number of aromatic carboxylic acids is 1.